The zero-order valence-corrected chi connectivity index (χ0v) is 22.1. The maximum Gasteiger partial charge on any atom is 0.217 e. The highest BCUT2D eigenvalue weighted by atomic mass is 127. The highest BCUT2D eigenvalue weighted by Crippen LogP contribution is 2.19. The molecule has 1 aromatic rings. The van der Waals surface area contributed by atoms with E-state index in [-0.39, 0.29) is 29.9 Å². The minimum atomic E-state index is -0.207. The summed E-state index contributed by atoms with van der Waals surface area (Å²) in [6.45, 7) is 14.5. The minimum Gasteiger partial charge on any atom is -0.370 e. The molecule has 2 aliphatic heterocycles. The van der Waals surface area contributed by atoms with Crippen molar-refractivity contribution in [2.75, 3.05) is 52.4 Å². The Labute approximate surface area is 210 Å². The number of rotatable bonds is 8. The summed E-state index contributed by atoms with van der Waals surface area (Å²) in [6.07, 6.45) is 2.60. The lowest BCUT2D eigenvalue weighted by Crippen LogP contribution is -2.47. The highest BCUT2D eigenvalue weighted by Gasteiger charge is 2.23. The van der Waals surface area contributed by atoms with Crippen LogP contribution in [0, 0.1) is 5.92 Å². The molecule has 2 heterocycles. The topological polar surface area (TPSA) is 77.2 Å². The molecule has 7 nitrogen and oxygen atoms in total. The van der Waals surface area contributed by atoms with Gasteiger partial charge < -0.3 is 20.9 Å². The van der Waals surface area contributed by atoms with E-state index in [1.54, 1.807) is 0 Å². The molecule has 180 valence electrons. The van der Waals surface area contributed by atoms with Crippen LogP contribution in [0.1, 0.15) is 44.2 Å². The van der Waals surface area contributed by atoms with Crippen molar-refractivity contribution in [3.05, 3.63) is 35.4 Å². The van der Waals surface area contributed by atoms with Crippen molar-refractivity contribution in [3.63, 3.8) is 0 Å². The van der Waals surface area contributed by atoms with Crippen LogP contribution in [0.15, 0.2) is 29.3 Å². The van der Waals surface area contributed by atoms with Crippen LogP contribution >= 0.6 is 24.0 Å². The van der Waals surface area contributed by atoms with Crippen molar-refractivity contribution in [1.82, 2.24) is 20.0 Å². The number of carbonyl (C=O) groups is 1. The first-order valence-electron chi connectivity index (χ1n) is 11.9. The van der Waals surface area contributed by atoms with Gasteiger partial charge in [0.2, 0.25) is 5.91 Å². The molecule has 8 heteroatoms. The van der Waals surface area contributed by atoms with E-state index in [0.717, 1.165) is 64.6 Å². The molecule has 1 amide bonds. The second-order valence-electron chi connectivity index (χ2n) is 8.82. The normalized spacial score (nSPS) is 20.6. The predicted octanol–water partition coefficient (Wildman–Crippen LogP) is 2.50. The Hall–Kier alpha value is -1.39. The lowest BCUT2D eigenvalue weighted by Gasteiger charge is -2.34. The highest BCUT2D eigenvalue weighted by molar-refractivity contribution is 14.0. The van der Waals surface area contributed by atoms with E-state index in [4.69, 9.17) is 10.7 Å². The second kappa shape index (κ2) is 14.0. The number of piperidine rings is 1. The summed E-state index contributed by atoms with van der Waals surface area (Å²) in [4.78, 5) is 23.5. The Morgan fingerprint density at radius 2 is 1.72 bits per heavy atom. The number of carbonyl (C=O) groups excluding carboxylic acids is 1. The number of aliphatic imine (C=N–C) groups is 1. The summed E-state index contributed by atoms with van der Waals surface area (Å²) >= 11 is 0. The fraction of sp³-hybridized carbons (Fsp3) is 0.667. The van der Waals surface area contributed by atoms with Gasteiger partial charge in [0, 0.05) is 58.8 Å². The number of nitrogens with zero attached hydrogens (tertiary/aromatic N) is 4. The fourth-order valence-corrected chi connectivity index (χ4v) is 4.57. The van der Waals surface area contributed by atoms with Gasteiger partial charge >= 0.3 is 0 Å². The third kappa shape index (κ3) is 8.51. The molecule has 0 radical (unpaired) electrons. The third-order valence-corrected chi connectivity index (χ3v) is 6.40. The number of hydrogen-bond acceptors (Lipinski definition) is 4. The number of amides is 1. The monoisotopic (exact) mass is 556 g/mol. The number of primary amides is 1. The van der Waals surface area contributed by atoms with Gasteiger partial charge in [0.1, 0.15) is 0 Å². The van der Waals surface area contributed by atoms with Crippen molar-refractivity contribution < 1.29 is 4.79 Å². The average Bonchev–Trinajstić information content (AvgIpc) is 2.78. The van der Waals surface area contributed by atoms with Crippen LogP contribution in [0.4, 0.5) is 0 Å². The first-order valence-corrected chi connectivity index (χ1v) is 11.9. The Morgan fingerprint density at radius 3 is 2.34 bits per heavy atom. The number of nitrogens with two attached hydrogens (primary N) is 1. The van der Waals surface area contributed by atoms with Gasteiger partial charge in [-0.2, -0.15) is 0 Å². The van der Waals surface area contributed by atoms with Gasteiger partial charge in [0.25, 0.3) is 0 Å². The van der Waals surface area contributed by atoms with Crippen LogP contribution in [-0.2, 0) is 17.9 Å². The molecule has 0 bridgehead atoms. The van der Waals surface area contributed by atoms with Gasteiger partial charge in [0.05, 0.1) is 6.54 Å². The minimum absolute atomic E-state index is 0. The molecular weight excluding hydrogens is 515 g/mol. The Balaban J connectivity index is 0.00000363. The first kappa shape index (κ1) is 26.9. The largest absolute Gasteiger partial charge is 0.370 e. The summed E-state index contributed by atoms with van der Waals surface area (Å²) in [7, 11) is 0. The maximum atomic E-state index is 11.3. The smallest absolute Gasteiger partial charge is 0.217 e. The van der Waals surface area contributed by atoms with E-state index in [1.165, 1.54) is 24.2 Å². The molecule has 1 unspecified atom stereocenters. The lowest BCUT2D eigenvalue weighted by molar-refractivity contribution is -0.119. The van der Waals surface area contributed by atoms with Gasteiger partial charge in [-0.25, -0.2) is 4.99 Å². The van der Waals surface area contributed by atoms with E-state index in [2.05, 4.69) is 58.1 Å². The van der Waals surface area contributed by atoms with E-state index in [9.17, 15) is 4.79 Å². The van der Waals surface area contributed by atoms with Gasteiger partial charge in [-0.05, 0) is 43.4 Å². The van der Waals surface area contributed by atoms with Crippen LogP contribution in [0.2, 0.25) is 0 Å². The average molecular weight is 557 g/mol. The Morgan fingerprint density at radius 1 is 1.06 bits per heavy atom. The fourth-order valence-electron chi connectivity index (χ4n) is 4.57. The third-order valence-electron chi connectivity index (χ3n) is 6.40. The van der Waals surface area contributed by atoms with E-state index in [1.807, 2.05) is 0 Å². The molecule has 3 N–H and O–H groups in total. The van der Waals surface area contributed by atoms with Gasteiger partial charge in [-0.1, -0.05) is 31.2 Å². The molecule has 1 aromatic carbocycles. The van der Waals surface area contributed by atoms with Crippen molar-refractivity contribution in [2.45, 2.75) is 46.2 Å². The molecule has 2 saturated heterocycles. The molecule has 32 heavy (non-hydrogen) atoms. The number of likely N-dealkylation sites (tertiary alicyclic amines) is 1. The molecule has 0 aromatic heterocycles. The second-order valence-corrected chi connectivity index (χ2v) is 8.82. The summed E-state index contributed by atoms with van der Waals surface area (Å²) < 4.78 is 0. The molecule has 0 saturated carbocycles. The van der Waals surface area contributed by atoms with Gasteiger partial charge in [-0.3, -0.25) is 9.69 Å². The Bertz CT molecular complexity index is 718. The lowest BCUT2D eigenvalue weighted by atomic mass is 9.95. The number of benzene rings is 1. The van der Waals surface area contributed by atoms with Crippen LogP contribution in [0.5, 0.6) is 0 Å². The van der Waals surface area contributed by atoms with Crippen LogP contribution in [-0.4, -0.2) is 78.9 Å². The van der Waals surface area contributed by atoms with E-state index in [0.29, 0.717) is 18.9 Å². The summed E-state index contributed by atoms with van der Waals surface area (Å²) in [6, 6.07) is 8.90. The predicted molar refractivity (Wildman–Crippen MR) is 142 cm³/mol. The quantitative estimate of drug-likeness (QED) is 0.293. The molecule has 2 fully saturated rings. The van der Waals surface area contributed by atoms with Gasteiger partial charge in [-0.15, -0.1) is 24.0 Å². The van der Waals surface area contributed by atoms with Crippen molar-refractivity contribution >= 4 is 35.8 Å². The number of nitrogens with one attached hydrogen (secondary N) is 1. The van der Waals surface area contributed by atoms with Crippen LogP contribution in [0.3, 0.4) is 0 Å². The van der Waals surface area contributed by atoms with Crippen LogP contribution < -0.4 is 11.1 Å². The van der Waals surface area contributed by atoms with Crippen molar-refractivity contribution in [2.24, 2.45) is 16.6 Å². The summed E-state index contributed by atoms with van der Waals surface area (Å²) in [5.41, 5.74) is 8.01. The standard InChI is InChI=1S/C24H40N6O.HI/c1-3-26-24(30-11-5-6-22(19-30)16-23(25)31)27-17-20-7-9-21(10-8-20)18-29-14-12-28(4-2)13-15-29;/h7-10,22H,3-6,11-19H2,1-2H3,(H2,25,31)(H,26,27);1H. The van der Waals surface area contributed by atoms with Crippen LogP contribution in [0.25, 0.3) is 0 Å². The zero-order chi connectivity index (χ0) is 22.1. The molecular formula is C24H41IN6O. The SMILES string of the molecule is CCNC(=NCc1ccc(CN2CCN(CC)CC2)cc1)N1CCCC(CC(N)=O)C1.I. The first-order chi connectivity index (χ1) is 15.1. The van der Waals surface area contributed by atoms with Gasteiger partial charge in [0.15, 0.2) is 5.96 Å². The molecule has 0 spiro atoms. The molecule has 2 aliphatic rings. The molecule has 1 atom stereocenters. The number of likely N-dealkylation sites (N-methyl/N-ethyl adjacent to an activating group) is 1. The maximum absolute atomic E-state index is 11.3. The Kier molecular flexibility index (Phi) is 11.7. The number of piperazine rings is 1. The number of hydrogen-bond donors (Lipinski definition) is 2. The molecule has 3 rings (SSSR count). The summed E-state index contributed by atoms with van der Waals surface area (Å²) in [5.74, 6) is 1.06. The number of guanidine groups is 1. The molecule has 0 aliphatic carbocycles. The van der Waals surface area contributed by atoms with Crippen molar-refractivity contribution in [3.8, 4) is 0 Å². The van der Waals surface area contributed by atoms with E-state index < -0.39 is 0 Å². The zero-order valence-electron chi connectivity index (χ0n) is 19.8. The summed E-state index contributed by atoms with van der Waals surface area (Å²) in [5, 5.41) is 3.42. The van der Waals surface area contributed by atoms with E-state index >= 15 is 0 Å². The van der Waals surface area contributed by atoms with Crippen molar-refractivity contribution in [1.29, 1.82) is 0 Å². The number of halogens is 1.